The van der Waals surface area contributed by atoms with E-state index in [2.05, 4.69) is 27.1 Å². The molecular formula is C14H22N4O. The van der Waals surface area contributed by atoms with Gasteiger partial charge in [-0.05, 0) is 32.6 Å². The first kappa shape index (κ1) is 12.7. The molecule has 0 saturated carbocycles. The summed E-state index contributed by atoms with van der Waals surface area (Å²) in [7, 11) is 0. The molecule has 0 aliphatic carbocycles. The van der Waals surface area contributed by atoms with Crippen molar-refractivity contribution in [3.05, 3.63) is 12.4 Å². The molecule has 2 aliphatic rings. The van der Waals surface area contributed by atoms with E-state index < -0.39 is 0 Å². The van der Waals surface area contributed by atoms with Crippen LogP contribution in [0.3, 0.4) is 0 Å². The van der Waals surface area contributed by atoms with E-state index in [-0.39, 0.29) is 6.10 Å². The van der Waals surface area contributed by atoms with Crippen LogP contribution in [-0.4, -0.2) is 41.7 Å². The number of anilines is 1. The highest BCUT2D eigenvalue weighted by Crippen LogP contribution is 2.35. The normalized spacial score (nSPS) is 29.9. The minimum absolute atomic E-state index is 0.129. The van der Waals surface area contributed by atoms with Crippen LogP contribution in [0.5, 0.6) is 5.88 Å². The van der Waals surface area contributed by atoms with E-state index >= 15 is 0 Å². The molecule has 0 radical (unpaired) electrons. The van der Waals surface area contributed by atoms with Crippen LogP contribution in [0, 0.1) is 11.8 Å². The van der Waals surface area contributed by atoms with Crippen LogP contribution < -0.4 is 15.0 Å². The number of ether oxygens (including phenoxy) is 1. The topological polar surface area (TPSA) is 50.3 Å². The second kappa shape index (κ2) is 4.96. The van der Waals surface area contributed by atoms with Gasteiger partial charge in [-0.3, -0.25) is 4.98 Å². The molecule has 19 heavy (non-hydrogen) atoms. The average Bonchev–Trinajstić information content (AvgIpc) is 2.92. The molecule has 5 heteroatoms. The summed E-state index contributed by atoms with van der Waals surface area (Å²) in [6.07, 6.45) is 3.66. The number of nitrogens with one attached hydrogen (secondary N) is 1. The molecule has 3 heterocycles. The number of fused-ring (bicyclic) bond motifs is 1. The fourth-order valence-corrected chi connectivity index (χ4v) is 3.25. The maximum absolute atomic E-state index is 5.63. The van der Waals surface area contributed by atoms with Gasteiger partial charge < -0.3 is 15.0 Å². The highest BCUT2D eigenvalue weighted by Gasteiger charge is 2.42. The Bertz CT molecular complexity index is 451. The monoisotopic (exact) mass is 262 g/mol. The summed E-state index contributed by atoms with van der Waals surface area (Å²) in [6.45, 7) is 9.61. The third-order valence-corrected chi connectivity index (χ3v) is 4.18. The Kier molecular flexibility index (Phi) is 3.31. The number of nitrogens with zero attached hydrogens (tertiary/aromatic N) is 3. The lowest BCUT2D eigenvalue weighted by Gasteiger charge is -2.25. The van der Waals surface area contributed by atoms with Crippen molar-refractivity contribution in [1.29, 1.82) is 0 Å². The summed E-state index contributed by atoms with van der Waals surface area (Å²) in [4.78, 5) is 11.2. The summed E-state index contributed by atoms with van der Waals surface area (Å²) in [5.74, 6) is 3.04. The molecule has 2 fully saturated rings. The van der Waals surface area contributed by atoms with Crippen molar-refractivity contribution >= 4 is 5.82 Å². The highest BCUT2D eigenvalue weighted by molar-refractivity contribution is 5.41. The first-order valence-corrected chi connectivity index (χ1v) is 7.11. The Morgan fingerprint density at radius 1 is 1.37 bits per heavy atom. The van der Waals surface area contributed by atoms with E-state index in [1.54, 1.807) is 6.20 Å². The fourth-order valence-electron chi connectivity index (χ4n) is 3.25. The van der Waals surface area contributed by atoms with Gasteiger partial charge in [-0.1, -0.05) is 0 Å². The Hall–Kier alpha value is -1.36. The highest BCUT2D eigenvalue weighted by atomic mass is 16.5. The quantitative estimate of drug-likeness (QED) is 0.890. The molecule has 3 atom stereocenters. The van der Waals surface area contributed by atoms with Gasteiger partial charge in [0.05, 0.1) is 18.5 Å². The Balaban J connectivity index is 1.79. The molecule has 3 rings (SSSR count). The van der Waals surface area contributed by atoms with E-state index in [4.69, 9.17) is 4.74 Å². The van der Waals surface area contributed by atoms with Gasteiger partial charge in [0.1, 0.15) is 0 Å². The van der Waals surface area contributed by atoms with Gasteiger partial charge in [0.25, 0.3) is 0 Å². The van der Waals surface area contributed by atoms with Gasteiger partial charge in [0.15, 0.2) is 5.82 Å². The minimum atomic E-state index is 0.129. The van der Waals surface area contributed by atoms with E-state index in [1.807, 2.05) is 20.0 Å². The third-order valence-electron chi connectivity index (χ3n) is 4.18. The molecule has 2 aliphatic heterocycles. The largest absolute Gasteiger partial charge is 0.474 e. The van der Waals surface area contributed by atoms with Crippen molar-refractivity contribution in [1.82, 2.24) is 15.3 Å². The molecule has 1 aromatic rings. The van der Waals surface area contributed by atoms with E-state index in [9.17, 15) is 0 Å². The van der Waals surface area contributed by atoms with Gasteiger partial charge in [-0.15, -0.1) is 0 Å². The lowest BCUT2D eigenvalue weighted by atomic mass is 9.95. The lowest BCUT2D eigenvalue weighted by molar-refractivity contribution is 0.231. The zero-order valence-electron chi connectivity index (χ0n) is 11.8. The van der Waals surface area contributed by atoms with Crippen LogP contribution in [0.2, 0.25) is 0 Å². The molecular weight excluding hydrogens is 240 g/mol. The predicted octanol–water partition coefficient (Wildman–Crippen LogP) is 1.31. The third kappa shape index (κ3) is 2.39. The second-order valence-corrected chi connectivity index (χ2v) is 5.86. The average molecular weight is 262 g/mol. The van der Waals surface area contributed by atoms with Crippen LogP contribution in [-0.2, 0) is 0 Å². The van der Waals surface area contributed by atoms with Crippen LogP contribution >= 0.6 is 0 Å². The second-order valence-electron chi connectivity index (χ2n) is 5.86. The first-order chi connectivity index (χ1) is 9.15. The smallest absolute Gasteiger partial charge is 0.234 e. The predicted molar refractivity (Wildman–Crippen MR) is 74.5 cm³/mol. The first-order valence-electron chi connectivity index (χ1n) is 7.11. The van der Waals surface area contributed by atoms with Crippen molar-refractivity contribution in [2.24, 2.45) is 11.8 Å². The molecule has 1 N–H and O–H groups in total. The van der Waals surface area contributed by atoms with E-state index in [0.29, 0.717) is 11.9 Å². The van der Waals surface area contributed by atoms with Crippen molar-refractivity contribution < 1.29 is 4.74 Å². The van der Waals surface area contributed by atoms with Gasteiger partial charge in [0.2, 0.25) is 5.88 Å². The molecule has 0 spiro atoms. The van der Waals surface area contributed by atoms with Crippen LogP contribution in [0.1, 0.15) is 20.8 Å². The Morgan fingerprint density at radius 3 is 2.95 bits per heavy atom. The number of aromatic nitrogens is 2. The summed E-state index contributed by atoms with van der Waals surface area (Å²) in [6, 6.07) is 0.517. The van der Waals surface area contributed by atoms with E-state index in [1.165, 1.54) is 0 Å². The van der Waals surface area contributed by atoms with E-state index in [0.717, 1.165) is 37.3 Å². The van der Waals surface area contributed by atoms with Gasteiger partial charge in [-0.25, -0.2) is 0 Å². The molecule has 0 aromatic carbocycles. The van der Waals surface area contributed by atoms with Crippen molar-refractivity contribution in [3.63, 3.8) is 0 Å². The molecule has 3 unspecified atom stereocenters. The minimum Gasteiger partial charge on any atom is -0.474 e. The maximum atomic E-state index is 5.63. The SMILES string of the molecule is CC(C)Oc1cncc(N2CC3CNCC3C2C)n1. The Labute approximate surface area is 114 Å². The number of hydrogen-bond acceptors (Lipinski definition) is 5. The summed E-state index contributed by atoms with van der Waals surface area (Å²) in [5, 5.41) is 3.48. The summed E-state index contributed by atoms with van der Waals surface area (Å²) >= 11 is 0. The standard InChI is InChI=1S/C14H22N4O/c1-9(2)19-14-7-16-6-13(17-14)18-8-11-4-15-5-12(11)10(18)3/h6-7,9-12,15H,4-5,8H2,1-3H3. The van der Waals surface area contributed by atoms with Gasteiger partial charge in [0, 0.05) is 25.7 Å². The zero-order valence-corrected chi connectivity index (χ0v) is 11.8. The molecule has 104 valence electrons. The maximum Gasteiger partial charge on any atom is 0.234 e. The molecule has 1 aromatic heterocycles. The summed E-state index contributed by atoms with van der Waals surface area (Å²) in [5.41, 5.74) is 0. The van der Waals surface area contributed by atoms with Gasteiger partial charge in [-0.2, -0.15) is 4.98 Å². The lowest BCUT2D eigenvalue weighted by Crippen LogP contribution is -2.33. The Morgan fingerprint density at radius 2 is 2.21 bits per heavy atom. The van der Waals surface area contributed by atoms with Crippen molar-refractivity contribution in [2.45, 2.75) is 32.9 Å². The van der Waals surface area contributed by atoms with Crippen LogP contribution in [0.15, 0.2) is 12.4 Å². The van der Waals surface area contributed by atoms with Gasteiger partial charge >= 0.3 is 0 Å². The number of hydrogen-bond donors (Lipinski definition) is 1. The molecule has 5 nitrogen and oxygen atoms in total. The molecule has 2 saturated heterocycles. The number of rotatable bonds is 3. The van der Waals surface area contributed by atoms with Crippen LogP contribution in [0.4, 0.5) is 5.82 Å². The molecule has 0 amide bonds. The summed E-state index contributed by atoms with van der Waals surface area (Å²) < 4.78 is 5.63. The zero-order chi connectivity index (χ0) is 13.4. The van der Waals surface area contributed by atoms with Crippen LogP contribution in [0.25, 0.3) is 0 Å². The van der Waals surface area contributed by atoms with Crippen molar-refractivity contribution in [2.75, 3.05) is 24.5 Å². The molecule has 0 bridgehead atoms. The van der Waals surface area contributed by atoms with Crippen molar-refractivity contribution in [3.8, 4) is 5.88 Å². The fraction of sp³-hybridized carbons (Fsp3) is 0.714.